The molecule has 140 valence electrons. The van der Waals surface area contributed by atoms with Gasteiger partial charge in [-0.3, -0.25) is 9.59 Å². The number of nitrogens with zero attached hydrogens (tertiary/aromatic N) is 2. The van der Waals surface area contributed by atoms with E-state index in [1.54, 1.807) is 58.3 Å². The van der Waals surface area contributed by atoms with Gasteiger partial charge in [0, 0.05) is 42.3 Å². The van der Waals surface area contributed by atoms with Crippen LogP contribution in [0.5, 0.6) is 0 Å². The Labute approximate surface area is 162 Å². The molecular weight excluding hydrogens is 368 g/mol. The molecule has 0 spiro atoms. The molecule has 0 unspecified atom stereocenters. The van der Waals surface area contributed by atoms with Gasteiger partial charge in [-0.2, -0.15) is 0 Å². The average molecular weight is 387 g/mol. The lowest BCUT2D eigenvalue weighted by molar-refractivity contribution is 0.0535. The molecule has 1 aliphatic heterocycles. The van der Waals surface area contributed by atoms with Crippen LogP contribution in [0.15, 0.2) is 48.5 Å². The van der Waals surface area contributed by atoms with Gasteiger partial charge in [-0.1, -0.05) is 17.7 Å². The van der Waals surface area contributed by atoms with Gasteiger partial charge >= 0.3 is 5.97 Å². The van der Waals surface area contributed by atoms with Crippen molar-refractivity contribution in [1.82, 2.24) is 9.80 Å². The van der Waals surface area contributed by atoms with Gasteiger partial charge in [-0.25, -0.2) is 4.79 Å². The van der Waals surface area contributed by atoms with E-state index < -0.39 is 5.97 Å². The summed E-state index contributed by atoms with van der Waals surface area (Å²) in [7, 11) is 1.31. The molecule has 0 bridgehead atoms. The third kappa shape index (κ3) is 4.28. The number of methoxy groups -OCH3 is 1. The number of piperazine rings is 1. The average Bonchev–Trinajstić information content (AvgIpc) is 2.72. The second-order valence-corrected chi connectivity index (χ2v) is 6.60. The zero-order valence-corrected chi connectivity index (χ0v) is 15.6. The maximum absolute atomic E-state index is 12.6. The molecule has 0 atom stereocenters. The van der Waals surface area contributed by atoms with E-state index in [0.29, 0.717) is 47.9 Å². The number of ether oxygens (including phenoxy) is 1. The van der Waals surface area contributed by atoms with Crippen LogP contribution in [0.2, 0.25) is 5.02 Å². The van der Waals surface area contributed by atoms with E-state index in [1.165, 1.54) is 7.11 Å². The fraction of sp³-hybridized carbons (Fsp3) is 0.250. The minimum Gasteiger partial charge on any atom is -0.465 e. The summed E-state index contributed by atoms with van der Waals surface area (Å²) in [5.41, 5.74) is 1.43. The number of rotatable bonds is 3. The molecule has 0 saturated carbocycles. The predicted octanol–water partition coefficient (Wildman–Crippen LogP) is 2.72. The van der Waals surface area contributed by atoms with Gasteiger partial charge in [0.25, 0.3) is 11.8 Å². The van der Waals surface area contributed by atoms with Crippen molar-refractivity contribution < 1.29 is 19.1 Å². The van der Waals surface area contributed by atoms with Gasteiger partial charge in [0.05, 0.1) is 12.7 Å². The van der Waals surface area contributed by atoms with Crippen LogP contribution in [-0.4, -0.2) is 60.9 Å². The van der Waals surface area contributed by atoms with E-state index in [9.17, 15) is 14.4 Å². The predicted molar refractivity (Wildman–Crippen MR) is 101 cm³/mol. The zero-order chi connectivity index (χ0) is 19.4. The van der Waals surface area contributed by atoms with Crippen LogP contribution in [0.4, 0.5) is 0 Å². The van der Waals surface area contributed by atoms with Crippen LogP contribution >= 0.6 is 11.6 Å². The lowest BCUT2D eigenvalue weighted by Gasteiger charge is -2.35. The van der Waals surface area contributed by atoms with Crippen LogP contribution < -0.4 is 0 Å². The monoisotopic (exact) mass is 386 g/mol. The standard InChI is InChI=1S/C20H19ClN2O4/c1-27-20(26)15-7-5-14(6-8-15)18(24)22-9-11-23(12-10-22)19(25)16-3-2-4-17(21)13-16/h2-8,13H,9-12H2,1H3. The number of halogens is 1. The normalized spacial score (nSPS) is 14.0. The van der Waals surface area contributed by atoms with Crippen molar-refractivity contribution in [2.45, 2.75) is 0 Å². The Hall–Kier alpha value is -2.86. The summed E-state index contributed by atoms with van der Waals surface area (Å²) < 4.78 is 4.65. The number of benzene rings is 2. The highest BCUT2D eigenvalue weighted by Gasteiger charge is 2.25. The first-order chi connectivity index (χ1) is 13.0. The van der Waals surface area contributed by atoms with E-state index in [1.807, 2.05) is 0 Å². The van der Waals surface area contributed by atoms with Crippen molar-refractivity contribution in [2.75, 3.05) is 33.3 Å². The van der Waals surface area contributed by atoms with Crippen LogP contribution in [0.3, 0.4) is 0 Å². The van der Waals surface area contributed by atoms with Gasteiger partial charge in [0.15, 0.2) is 0 Å². The first kappa shape index (κ1) is 18.9. The molecule has 6 nitrogen and oxygen atoms in total. The zero-order valence-electron chi connectivity index (χ0n) is 14.9. The molecule has 1 fully saturated rings. The highest BCUT2D eigenvalue weighted by molar-refractivity contribution is 6.30. The Morgan fingerprint density at radius 1 is 0.815 bits per heavy atom. The number of amides is 2. The lowest BCUT2D eigenvalue weighted by atomic mass is 10.1. The van der Waals surface area contributed by atoms with E-state index in [2.05, 4.69) is 4.74 Å². The summed E-state index contributed by atoms with van der Waals surface area (Å²) in [5.74, 6) is -0.657. The van der Waals surface area contributed by atoms with E-state index in [0.717, 1.165) is 0 Å². The molecular formula is C20H19ClN2O4. The summed E-state index contributed by atoms with van der Waals surface area (Å²) in [5, 5.41) is 0.519. The fourth-order valence-electron chi connectivity index (χ4n) is 2.97. The first-order valence-electron chi connectivity index (χ1n) is 8.52. The van der Waals surface area contributed by atoms with Crippen molar-refractivity contribution >= 4 is 29.4 Å². The van der Waals surface area contributed by atoms with Gasteiger partial charge in [-0.05, 0) is 42.5 Å². The summed E-state index contributed by atoms with van der Waals surface area (Å²) in [6.07, 6.45) is 0. The minimum atomic E-state index is -0.442. The number of esters is 1. The summed E-state index contributed by atoms with van der Waals surface area (Å²) in [6.45, 7) is 1.81. The van der Waals surface area contributed by atoms with Crippen molar-refractivity contribution in [1.29, 1.82) is 0 Å². The summed E-state index contributed by atoms with van der Waals surface area (Å²) in [4.78, 5) is 40.1. The summed E-state index contributed by atoms with van der Waals surface area (Å²) in [6, 6.07) is 13.2. The molecule has 3 rings (SSSR count). The fourth-order valence-corrected chi connectivity index (χ4v) is 3.16. The summed E-state index contributed by atoms with van der Waals surface area (Å²) >= 11 is 5.95. The van der Waals surface area contributed by atoms with Crippen LogP contribution in [0, 0.1) is 0 Å². The second kappa shape index (κ2) is 8.22. The third-order valence-electron chi connectivity index (χ3n) is 4.48. The van der Waals surface area contributed by atoms with Crippen molar-refractivity contribution in [3.8, 4) is 0 Å². The van der Waals surface area contributed by atoms with Crippen LogP contribution in [0.1, 0.15) is 31.1 Å². The molecule has 27 heavy (non-hydrogen) atoms. The highest BCUT2D eigenvalue weighted by Crippen LogP contribution is 2.15. The molecule has 0 aliphatic carbocycles. The molecule has 1 heterocycles. The van der Waals surface area contributed by atoms with Crippen molar-refractivity contribution in [3.05, 3.63) is 70.2 Å². The largest absolute Gasteiger partial charge is 0.465 e. The molecule has 0 radical (unpaired) electrons. The first-order valence-corrected chi connectivity index (χ1v) is 8.90. The molecule has 1 aliphatic rings. The number of hydrogen-bond donors (Lipinski definition) is 0. The van der Waals surface area contributed by atoms with Crippen LogP contribution in [-0.2, 0) is 4.74 Å². The SMILES string of the molecule is COC(=O)c1ccc(C(=O)N2CCN(C(=O)c3cccc(Cl)c3)CC2)cc1. The Morgan fingerprint density at radius 2 is 1.33 bits per heavy atom. The minimum absolute atomic E-state index is 0.0907. The molecule has 7 heteroatoms. The lowest BCUT2D eigenvalue weighted by Crippen LogP contribution is -2.50. The van der Waals surface area contributed by atoms with E-state index in [-0.39, 0.29) is 11.8 Å². The highest BCUT2D eigenvalue weighted by atomic mass is 35.5. The topological polar surface area (TPSA) is 66.9 Å². The molecule has 0 N–H and O–H groups in total. The van der Waals surface area contributed by atoms with Gasteiger partial charge < -0.3 is 14.5 Å². The van der Waals surface area contributed by atoms with Gasteiger partial charge in [0.2, 0.25) is 0 Å². The molecule has 2 amide bonds. The van der Waals surface area contributed by atoms with E-state index in [4.69, 9.17) is 11.6 Å². The Kier molecular flexibility index (Phi) is 5.76. The number of carbonyl (C=O) groups excluding carboxylic acids is 3. The number of carbonyl (C=O) groups is 3. The third-order valence-corrected chi connectivity index (χ3v) is 4.71. The number of hydrogen-bond acceptors (Lipinski definition) is 4. The van der Waals surface area contributed by atoms with E-state index >= 15 is 0 Å². The molecule has 1 saturated heterocycles. The maximum Gasteiger partial charge on any atom is 0.337 e. The quantitative estimate of drug-likeness (QED) is 0.761. The van der Waals surface area contributed by atoms with Crippen molar-refractivity contribution in [3.63, 3.8) is 0 Å². The Bertz CT molecular complexity index is 859. The van der Waals surface area contributed by atoms with Crippen molar-refractivity contribution in [2.24, 2.45) is 0 Å². The molecule has 0 aromatic heterocycles. The molecule has 2 aromatic carbocycles. The smallest absolute Gasteiger partial charge is 0.337 e. The van der Waals surface area contributed by atoms with Gasteiger partial charge in [0.1, 0.15) is 0 Å². The Morgan fingerprint density at radius 3 is 1.85 bits per heavy atom. The molecule has 2 aromatic rings. The maximum atomic E-state index is 12.6. The van der Waals surface area contributed by atoms with Gasteiger partial charge in [-0.15, -0.1) is 0 Å². The second-order valence-electron chi connectivity index (χ2n) is 6.16. The van der Waals surface area contributed by atoms with Crippen LogP contribution in [0.25, 0.3) is 0 Å². The Balaban J connectivity index is 1.61.